The van der Waals surface area contributed by atoms with Crippen molar-refractivity contribution in [2.24, 2.45) is 5.73 Å². The van der Waals surface area contributed by atoms with E-state index in [-0.39, 0.29) is 10.7 Å². The number of nitro benzene ring substituents is 1. The molecule has 76 valence electrons. The molecule has 0 atom stereocenters. The zero-order valence-corrected chi connectivity index (χ0v) is 8.12. The number of nitro groups is 1. The summed E-state index contributed by atoms with van der Waals surface area (Å²) in [6.45, 7) is 0.972. The van der Waals surface area contributed by atoms with Crippen molar-refractivity contribution in [3.8, 4) is 0 Å². The van der Waals surface area contributed by atoms with Gasteiger partial charge in [-0.3, -0.25) is 10.1 Å². The molecule has 6 heteroatoms. The lowest BCUT2D eigenvalue weighted by Gasteiger charge is -2.06. The zero-order valence-electron chi connectivity index (χ0n) is 7.37. The van der Waals surface area contributed by atoms with E-state index in [2.05, 4.69) is 5.32 Å². The van der Waals surface area contributed by atoms with Crippen LogP contribution in [0.4, 0.5) is 11.4 Å². The van der Waals surface area contributed by atoms with Crippen molar-refractivity contribution in [1.29, 1.82) is 0 Å². The summed E-state index contributed by atoms with van der Waals surface area (Å²) in [4.78, 5) is 10.00. The van der Waals surface area contributed by atoms with E-state index in [9.17, 15) is 10.1 Å². The number of nitrogens with one attached hydrogen (secondary N) is 1. The second-order valence-corrected chi connectivity index (χ2v) is 2.99. The summed E-state index contributed by atoms with van der Waals surface area (Å²) in [5, 5.41) is 13.5. The Bertz CT molecular complexity index is 343. The second-order valence-electron chi connectivity index (χ2n) is 2.61. The Labute approximate surface area is 86.0 Å². The molecule has 1 aromatic carbocycles. The van der Waals surface area contributed by atoms with Crippen LogP contribution >= 0.6 is 11.6 Å². The normalized spacial score (nSPS) is 9.86. The minimum atomic E-state index is -0.518. The molecular formula is C8H10ClN3O2. The number of hydrogen-bond acceptors (Lipinski definition) is 4. The van der Waals surface area contributed by atoms with Gasteiger partial charge in [0.1, 0.15) is 5.02 Å². The van der Waals surface area contributed by atoms with Crippen molar-refractivity contribution in [3.63, 3.8) is 0 Å². The van der Waals surface area contributed by atoms with Gasteiger partial charge in [-0.05, 0) is 6.07 Å². The Morgan fingerprint density at radius 1 is 1.57 bits per heavy atom. The summed E-state index contributed by atoms with van der Waals surface area (Å²) in [6, 6.07) is 4.60. The number of anilines is 1. The Kier molecular flexibility index (Phi) is 3.67. The maximum absolute atomic E-state index is 10.5. The number of benzene rings is 1. The van der Waals surface area contributed by atoms with Crippen LogP contribution in [0.2, 0.25) is 5.02 Å². The predicted molar refractivity (Wildman–Crippen MR) is 55.7 cm³/mol. The fraction of sp³-hybridized carbons (Fsp3) is 0.250. The van der Waals surface area contributed by atoms with E-state index in [1.165, 1.54) is 6.07 Å². The number of halogens is 1. The molecule has 0 aliphatic rings. The zero-order chi connectivity index (χ0) is 10.6. The van der Waals surface area contributed by atoms with Crippen LogP contribution in [0.5, 0.6) is 0 Å². The van der Waals surface area contributed by atoms with Crippen LogP contribution in [0, 0.1) is 10.1 Å². The molecule has 14 heavy (non-hydrogen) atoms. The third-order valence-corrected chi connectivity index (χ3v) is 2.03. The third kappa shape index (κ3) is 2.34. The fourth-order valence-corrected chi connectivity index (χ4v) is 1.27. The van der Waals surface area contributed by atoms with Crippen molar-refractivity contribution in [3.05, 3.63) is 33.3 Å². The van der Waals surface area contributed by atoms with Gasteiger partial charge >= 0.3 is 0 Å². The van der Waals surface area contributed by atoms with Gasteiger partial charge in [0.25, 0.3) is 5.69 Å². The van der Waals surface area contributed by atoms with E-state index in [4.69, 9.17) is 17.3 Å². The number of rotatable bonds is 4. The lowest BCUT2D eigenvalue weighted by molar-refractivity contribution is -0.384. The molecule has 0 saturated carbocycles. The highest BCUT2D eigenvalue weighted by Gasteiger charge is 2.14. The maximum Gasteiger partial charge on any atom is 0.289 e. The lowest BCUT2D eigenvalue weighted by Crippen LogP contribution is -2.13. The fourth-order valence-electron chi connectivity index (χ4n) is 1.00. The van der Waals surface area contributed by atoms with Crippen molar-refractivity contribution in [1.82, 2.24) is 0 Å². The Hall–Kier alpha value is -1.33. The summed E-state index contributed by atoms with van der Waals surface area (Å²) in [7, 11) is 0. The molecule has 0 aliphatic carbocycles. The maximum atomic E-state index is 10.5. The summed E-state index contributed by atoms with van der Waals surface area (Å²) in [6.07, 6.45) is 0. The van der Waals surface area contributed by atoms with Gasteiger partial charge in [0.05, 0.1) is 10.6 Å². The second kappa shape index (κ2) is 4.78. The summed E-state index contributed by atoms with van der Waals surface area (Å²) < 4.78 is 0. The smallest absolute Gasteiger partial charge is 0.289 e. The van der Waals surface area contributed by atoms with Gasteiger partial charge < -0.3 is 11.1 Å². The van der Waals surface area contributed by atoms with Gasteiger partial charge in [0, 0.05) is 19.2 Å². The molecule has 1 rings (SSSR count). The monoisotopic (exact) mass is 215 g/mol. The first-order valence-electron chi connectivity index (χ1n) is 4.03. The first-order chi connectivity index (χ1) is 6.66. The van der Waals surface area contributed by atoms with Crippen molar-refractivity contribution in [2.45, 2.75) is 0 Å². The molecule has 0 radical (unpaired) electrons. The number of hydrogen-bond donors (Lipinski definition) is 2. The van der Waals surface area contributed by atoms with Gasteiger partial charge in [0.2, 0.25) is 0 Å². The molecule has 0 unspecified atom stereocenters. The van der Waals surface area contributed by atoms with Gasteiger partial charge in [-0.25, -0.2) is 0 Å². The van der Waals surface area contributed by atoms with Crippen molar-refractivity contribution in [2.75, 3.05) is 18.4 Å². The van der Waals surface area contributed by atoms with Crippen LogP contribution in [-0.4, -0.2) is 18.0 Å². The van der Waals surface area contributed by atoms with Gasteiger partial charge in [-0.1, -0.05) is 17.7 Å². The SMILES string of the molecule is NCCNc1cccc([N+](=O)[O-])c1Cl. The quantitative estimate of drug-likeness (QED) is 0.591. The largest absolute Gasteiger partial charge is 0.382 e. The predicted octanol–water partition coefficient (Wildman–Crippen LogP) is 1.62. The molecule has 0 aromatic heterocycles. The van der Waals surface area contributed by atoms with Gasteiger partial charge in [-0.2, -0.15) is 0 Å². The van der Waals surface area contributed by atoms with Crippen LogP contribution in [-0.2, 0) is 0 Å². The highest BCUT2D eigenvalue weighted by molar-refractivity contribution is 6.35. The standard InChI is InChI=1S/C8H10ClN3O2/c9-8-6(11-5-4-10)2-1-3-7(8)12(13)14/h1-3,11H,4-5,10H2. The van der Waals surface area contributed by atoms with Crippen LogP contribution in [0.25, 0.3) is 0 Å². The Balaban J connectivity index is 2.95. The van der Waals surface area contributed by atoms with E-state index in [0.717, 1.165) is 0 Å². The number of nitrogens with zero attached hydrogens (tertiary/aromatic N) is 1. The van der Waals surface area contributed by atoms with Crippen molar-refractivity contribution < 1.29 is 4.92 Å². The van der Waals surface area contributed by atoms with E-state index < -0.39 is 4.92 Å². The highest BCUT2D eigenvalue weighted by Crippen LogP contribution is 2.31. The van der Waals surface area contributed by atoms with Crippen molar-refractivity contribution >= 4 is 23.0 Å². The average molecular weight is 216 g/mol. The summed E-state index contributed by atoms with van der Waals surface area (Å²) >= 11 is 5.79. The Morgan fingerprint density at radius 2 is 2.29 bits per heavy atom. The topological polar surface area (TPSA) is 81.2 Å². The molecule has 3 N–H and O–H groups in total. The molecule has 5 nitrogen and oxygen atoms in total. The molecule has 0 saturated heterocycles. The van der Waals surface area contributed by atoms with Crippen LogP contribution in [0.3, 0.4) is 0 Å². The first-order valence-corrected chi connectivity index (χ1v) is 4.41. The highest BCUT2D eigenvalue weighted by atomic mass is 35.5. The minimum Gasteiger partial charge on any atom is -0.382 e. The minimum absolute atomic E-state index is 0.103. The average Bonchev–Trinajstić information content (AvgIpc) is 2.16. The van der Waals surface area contributed by atoms with E-state index in [1.54, 1.807) is 12.1 Å². The third-order valence-electron chi connectivity index (χ3n) is 1.63. The molecular weight excluding hydrogens is 206 g/mol. The first kappa shape index (κ1) is 10.7. The van der Waals surface area contributed by atoms with E-state index in [0.29, 0.717) is 18.8 Å². The molecule has 0 amide bonds. The van der Waals surface area contributed by atoms with Crippen LogP contribution in [0.15, 0.2) is 18.2 Å². The lowest BCUT2D eigenvalue weighted by atomic mass is 10.3. The number of nitrogens with two attached hydrogens (primary N) is 1. The molecule has 0 fully saturated rings. The molecule has 0 heterocycles. The molecule has 0 aliphatic heterocycles. The van der Waals surface area contributed by atoms with Crippen LogP contribution < -0.4 is 11.1 Å². The Morgan fingerprint density at radius 3 is 2.86 bits per heavy atom. The molecule has 0 spiro atoms. The summed E-state index contributed by atoms with van der Waals surface area (Å²) in [5.41, 5.74) is 5.72. The molecule has 0 bridgehead atoms. The van der Waals surface area contributed by atoms with Gasteiger partial charge in [0.15, 0.2) is 0 Å². The van der Waals surface area contributed by atoms with Gasteiger partial charge in [-0.15, -0.1) is 0 Å². The van der Waals surface area contributed by atoms with E-state index >= 15 is 0 Å². The summed E-state index contributed by atoms with van der Waals surface area (Å²) in [5.74, 6) is 0. The van der Waals surface area contributed by atoms with E-state index in [1.807, 2.05) is 0 Å². The van der Waals surface area contributed by atoms with Crippen LogP contribution in [0.1, 0.15) is 0 Å². The molecule has 1 aromatic rings.